The first-order valence-electron chi connectivity index (χ1n) is 6.27. The summed E-state index contributed by atoms with van der Waals surface area (Å²) in [7, 11) is -3.79. The van der Waals surface area contributed by atoms with Crippen LogP contribution in [0.3, 0.4) is 0 Å². The molecule has 0 fully saturated rings. The monoisotopic (exact) mass is 336 g/mol. The van der Waals surface area contributed by atoms with Crippen LogP contribution < -0.4 is 10.3 Å². The van der Waals surface area contributed by atoms with Crippen LogP contribution in [0.2, 0.25) is 5.02 Å². The average molecular weight is 337 g/mol. The number of hydrazine groups is 1. The van der Waals surface area contributed by atoms with E-state index in [2.05, 4.69) is 5.43 Å². The van der Waals surface area contributed by atoms with Crippen LogP contribution in [0.5, 0.6) is 0 Å². The van der Waals surface area contributed by atoms with Crippen molar-refractivity contribution in [3.05, 3.63) is 76.2 Å². The molecule has 0 aliphatic carbocycles. The molecule has 22 heavy (non-hydrogen) atoms. The van der Waals surface area contributed by atoms with Gasteiger partial charge in [0.25, 0.3) is 15.9 Å². The fourth-order valence-corrected chi connectivity index (χ4v) is 2.32. The summed E-state index contributed by atoms with van der Waals surface area (Å²) in [5.41, 5.74) is 3.16. The Balaban J connectivity index is 1.96. The van der Waals surface area contributed by atoms with Gasteiger partial charge in [0.05, 0.1) is 0 Å². The summed E-state index contributed by atoms with van der Waals surface area (Å²) in [6.45, 7) is 0. The molecular weight excluding hydrogens is 324 g/mol. The lowest BCUT2D eigenvalue weighted by Gasteiger charge is -2.05. The van der Waals surface area contributed by atoms with Gasteiger partial charge < -0.3 is 0 Å². The van der Waals surface area contributed by atoms with Gasteiger partial charge in [-0.2, -0.15) is 0 Å². The van der Waals surface area contributed by atoms with Gasteiger partial charge in [0, 0.05) is 16.0 Å². The number of halogens is 1. The van der Waals surface area contributed by atoms with E-state index in [0.717, 1.165) is 5.41 Å². The van der Waals surface area contributed by atoms with Crippen molar-refractivity contribution in [2.75, 3.05) is 0 Å². The average Bonchev–Trinajstić information content (AvgIpc) is 2.53. The Morgan fingerprint density at radius 2 is 1.64 bits per heavy atom. The molecule has 0 aliphatic heterocycles. The summed E-state index contributed by atoms with van der Waals surface area (Å²) in [6.07, 6.45) is 1.40. The third-order valence-corrected chi connectivity index (χ3v) is 3.79. The number of sulfonamides is 1. The van der Waals surface area contributed by atoms with Gasteiger partial charge in [-0.1, -0.05) is 41.9 Å². The van der Waals surface area contributed by atoms with Crippen molar-refractivity contribution < 1.29 is 13.2 Å². The van der Waals surface area contributed by atoms with Crippen LogP contribution in [0.4, 0.5) is 0 Å². The summed E-state index contributed by atoms with van der Waals surface area (Å²) in [5.74, 6) is -0.538. The summed E-state index contributed by atoms with van der Waals surface area (Å²) in [6, 6.07) is 14.9. The van der Waals surface area contributed by atoms with Crippen molar-refractivity contribution in [3.8, 4) is 0 Å². The number of hydrogen-bond acceptors (Lipinski definition) is 3. The van der Waals surface area contributed by atoms with E-state index < -0.39 is 15.9 Å². The van der Waals surface area contributed by atoms with E-state index in [0.29, 0.717) is 16.1 Å². The quantitative estimate of drug-likeness (QED) is 0.824. The van der Waals surface area contributed by atoms with Crippen LogP contribution >= 0.6 is 11.6 Å². The van der Waals surface area contributed by atoms with Gasteiger partial charge in [-0.3, -0.25) is 10.2 Å². The maximum Gasteiger partial charge on any atom is 0.266 e. The predicted octanol–water partition coefficient (Wildman–Crippen LogP) is 2.58. The molecule has 0 saturated carbocycles. The third-order valence-electron chi connectivity index (χ3n) is 2.65. The van der Waals surface area contributed by atoms with Gasteiger partial charge in [0.15, 0.2) is 0 Å². The van der Waals surface area contributed by atoms with E-state index in [-0.39, 0.29) is 0 Å². The molecule has 5 nitrogen and oxygen atoms in total. The van der Waals surface area contributed by atoms with Gasteiger partial charge in [-0.15, -0.1) is 4.83 Å². The number of amides is 1. The molecule has 0 bridgehead atoms. The van der Waals surface area contributed by atoms with Gasteiger partial charge >= 0.3 is 0 Å². The first kappa shape index (κ1) is 16.2. The van der Waals surface area contributed by atoms with Crippen molar-refractivity contribution in [2.24, 2.45) is 0 Å². The third kappa shape index (κ3) is 5.00. The highest BCUT2D eigenvalue weighted by molar-refractivity contribution is 7.92. The minimum atomic E-state index is -3.79. The predicted molar refractivity (Wildman–Crippen MR) is 86.4 cm³/mol. The maximum atomic E-state index is 11.8. The number of rotatable bonds is 5. The molecule has 2 aromatic carbocycles. The Bertz CT molecular complexity index is 772. The van der Waals surface area contributed by atoms with Crippen molar-refractivity contribution in [1.82, 2.24) is 10.3 Å². The minimum absolute atomic E-state index is 0.354. The zero-order valence-electron chi connectivity index (χ0n) is 11.4. The molecule has 0 aromatic heterocycles. The summed E-state index contributed by atoms with van der Waals surface area (Å²) < 4.78 is 23.5. The molecule has 114 valence electrons. The van der Waals surface area contributed by atoms with Gasteiger partial charge in [-0.25, -0.2) is 8.42 Å². The molecule has 0 unspecified atom stereocenters. The van der Waals surface area contributed by atoms with Crippen molar-refractivity contribution in [2.45, 2.75) is 0 Å². The zero-order valence-corrected chi connectivity index (χ0v) is 12.9. The lowest BCUT2D eigenvalue weighted by Crippen LogP contribution is -2.40. The molecule has 0 saturated heterocycles. The van der Waals surface area contributed by atoms with Crippen molar-refractivity contribution in [1.29, 1.82) is 0 Å². The van der Waals surface area contributed by atoms with E-state index in [9.17, 15) is 13.2 Å². The van der Waals surface area contributed by atoms with Crippen LogP contribution in [0.15, 0.2) is 60.0 Å². The Morgan fingerprint density at radius 3 is 2.27 bits per heavy atom. The number of carbonyl (C=O) groups excluding carboxylic acids is 1. The van der Waals surface area contributed by atoms with Crippen molar-refractivity contribution in [3.63, 3.8) is 0 Å². The molecule has 0 radical (unpaired) electrons. The summed E-state index contributed by atoms with van der Waals surface area (Å²) in [5, 5.41) is 1.52. The van der Waals surface area contributed by atoms with Crippen LogP contribution in [0.1, 0.15) is 15.9 Å². The molecule has 2 N–H and O–H groups in total. The first-order chi connectivity index (χ1) is 10.5. The Kier molecular flexibility index (Phi) is 5.32. The standard InChI is InChI=1S/C15H13ClN2O3S/c16-14-8-6-12(7-9-14)10-11-22(20,21)18-17-15(19)13-4-2-1-3-5-13/h1-11,18H,(H,17,19)/b11-10+. The maximum absolute atomic E-state index is 11.8. The molecule has 0 heterocycles. The molecule has 2 aromatic rings. The molecular formula is C15H13ClN2O3S. The van der Waals surface area contributed by atoms with E-state index in [4.69, 9.17) is 11.6 Å². The lowest BCUT2D eigenvalue weighted by atomic mass is 10.2. The Labute approximate surface area is 133 Å². The van der Waals surface area contributed by atoms with Crippen LogP contribution in [0.25, 0.3) is 6.08 Å². The molecule has 7 heteroatoms. The lowest BCUT2D eigenvalue weighted by molar-refractivity contribution is 0.0945. The SMILES string of the molecule is O=C(NNS(=O)(=O)/C=C/c1ccc(Cl)cc1)c1ccccc1. The highest BCUT2D eigenvalue weighted by Crippen LogP contribution is 2.11. The highest BCUT2D eigenvalue weighted by atomic mass is 35.5. The first-order valence-corrected chi connectivity index (χ1v) is 8.19. The summed E-state index contributed by atoms with van der Waals surface area (Å²) in [4.78, 5) is 13.7. The second kappa shape index (κ2) is 7.22. The van der Waals surface area contributed by atoms with E-state index in [1.165, 1.54) is 6.08 Å². The molecule has 2 rings (SSSR count). The normalized spacial score (nSPS) is 11.5. The van der Waals surface area contributed by atoms with E-state index >= 15 is 0 Å². The Hall–Kier alpha value is -2.15. The van der Waals surface area contributed by atoms with Crippen LogP contribution in [-0.2, 0) is 10.0 Å². The number of hydrogen-bond donors (Lipinski definition) is 2. The van der Waals surface area contributed by atoms with Crippen LogP contribution in [-0.4, -0.2) is 14.3 Å². The minimum Gasteiger partial charge on any atom is -0.274 e. The van der Waals surface area contributed by atoms with E-state index in [1.807, 2.05) is 4.83 Å². The highest BCUT2D eigenvalue weighted by Gasteiger charge is 2.09. The Morgan fingerprint density at radius 1 is 1.00 bits per heavy atom. The molecule has 0 aliphatic rings. The topological polar surface area (TPSA) is 75.3 Å². The van der Waals surface area contributed by atoms with Crippen molar-refractivity contribution >= 4 is 33.6 Å². The van der Waals surface area contributed by atoms with Crippen LogP contribution in [0, 0.1) is 0 Å². The second-order valence-corrected chi connectivity index (χ2v) is 6.32. The fraction of sp³-hybridized carbons (Fsp3) is 0. The van der Waals surface area contributed by atoms with Gasteiger partial charge in [0.1, 0.15) is 0 Å². The number of carbonyl (C=O) groups is 1. The molecule has 1 amide bonds. The largest absolute Gasteiger partial charge is 0.274 e. The van der Waals surface area contributed by atoms with Gasteiger partial charge in [-0.05, 0) is 35.9 Å². The zero-order chi connectivity index (χ0) is 16.0. The number of benzene rings is 2. The summed E-state index contributed by atoms with van der Waals surface area (Å²) >= 11 is 5.74. The van der Waals surface area contributed by atoms with Gasteiger partial charge in [0.2, 0.25) is 0 Å². The second-order valence-electron chi connectivity index (χ2n) is 4.32. The molecule has 0 spiro atoms. The molecule has 0 atom stereocenters. The number of nitrogens with one attached hydrogen (secondary N) is 2. The van der Waals surface area contributed by atoms with E-state index in [1.54, 1.807) is 54.6 Å². The smallest absolute Gasteiger partial charge is 0.266 e. The fourth-order valence-electron chi connectivity index (χ4n) is 1.56.